The molecule has 0 aliphatic rings. The van der Waals surface area contributed by atoms with Crippen LogP contribution in [0.5, 0.6) is 0 Å². The molecular formula is C17H13ClN4S. The first-order valence-corrected chi connectivity index (χ1v) is 7.72. The number of aromatic amines is 1. The van der Waals surface area contributed by atoms with Gasteiger partial charge >= 0.3 is 0 Å². The second-order valence-corrected chi connectivity index (χ2v) is 5.53. The normalized spacial score (nSPS) is 11.5. The number of rotatable bonds is 4. The number of hydrogen-bond donors (Lipinski definition) is 1. The standard InChI is InChI=1S/C17H13ClN4S/c18-15-10-4-9-14(12-15)16-20-21-17(23)22(16)19-11-5-8-13-6-2-1-3-7-13/h1-12H,(H,21,23)/b8-5+,19-11-. The number of H-pyrrole nitrogens is 1. The predicted molar refractivity (Wildman–Crippen MR) is 97.2 cm³/mol. The zero-order valence-corrected chi connectivity index (χ0v) is 13.6. The van der Waals surface area contributed by atoms with E-state index in [0.29, 0.717) is 15.6 Å². The lowest BCUT2D eigenvalue weighted by Crippen LogP contribution is -1.93. The van der Waals surface area contributed by atoms with Crippen LogP contribution < -0.4 is 0 Å². The number of halogens is 1. The Morgan fingerprint density at radius 3 is 2.74 bits per heavy atom. The van der Waals surface area contributed by atoms with Crippen molar-refractivity contribution in [3.05, 3.63) is 76.0 Å². The molecule has 1 N–H and O–H groups in total. The zero-order chi connectivity index (χ0) is 16.1. The molecule has 0 amide bonds. The van der Waals surface area contributed by atoms with E-state index in [4.69, 9.17) is 23.8 Å². The van der Waals surface area contributed by atoms with Crippen molar-refractivity contribution < 1.29 is 0 Å². The highest BCUT2D eigenvalue weighted by Gasteiger charge is 2.07. The third kappa shape index (κ3) is 3.83. The largest absolute Gasteiger partial charge is 0.250 e. The first-order valence-electron chi connectivity index (χ1n) is 6.93. The van der Waals surface area contributed by atoms with Crippen molar-refractivity contribution in [2.75, 3.05) is 0 Å². The van der Waals surface area contributed by atoms with Crippen LogP contribution in [0.3, 0.4) is 0 Å². The Balaban J connectivity index is 1.86. The summed E-state index contributed by atoms with van der Waals surface area (Å²) in [5.41, 5.74) is 1.94. The van der Waals surface area contributed by atoms with E-state index in [-0.39, 0.29) is 0 Å². The molecule has 0 saturated heterocycles. The van der Waals surface area contributed by atoms with Crippen LogP contribution in [0.4, 0.5) is 0 Å². The molecule has 0 radical (unpaired) electrons. The minimum absolute atomic E-state index is 0.421. The van der Waals surface area contributed by atoms with Crippen LogP contribution in [0.1, 0.15) is 5.56 Å². The highest BCUT2D eigenvalue weighted by molar-refractivity contribution is 7.71. The van der Waals surface area contributed by atoms with E-state index >= 15 is 0 Å². The van der Waals surface area contributed by atoms with Gasteiger partial charge < -0.3 is 0 Å². The predicted octanol–water partition coefficient (Wildman–Crippen LogP) is 4.81. The molecule has 0 aliphatic carbocycles. The minimum atomic E-state index is 0.421. The fraction of sp³-hybridized carbons (Fsp3) is 0. The van der Waals surface area contributed by atoms with Crippen LogP contribution in [0, 0.1) is 4.77 Å². The summed E-state index contributed by atoms with van der Waals surface area (Å²) in [5.74, 6) is 0.613. The lowest BCUT2D eigenvalue weighted by molar-refractivity contribution is 0.872. The van der Waals surface area contributed by atoms with E-state index < -0.39 is 0 Å². The molecule has 0 atom stereocenters. The third-order valence-electron chi connectivity index (χ3n) is 3.09. The van der Waals surface area contributed by atoms with Crippen molar-refractivity contribution in [2.45, 2.75) is 0 Å². The van der Waals surface area contributed by atoms with Crippen molar-refractivity contribution in [3.63, 3.8) is 0 Å². The number of hydrogen-bond acceptors (Lipinski definition) is 3. The monoisotopic (exact) mass is 340 g/mol. The Morgan fingerprint density at radius 2 is 1.96 bits per heavy atom. The summed E-state index contributed by atoms with van der Waals surface area (Å²) in [5, 5.41) is 11.9. The number of nitrogens with zero attached hydrogens (tertiary/aromatic N) is 3. The van der Waals surface area contributed by atoms with Gasteiger partial charge in [-0.1, -0.05) is 60.1 Å². The van der Waals surface area contributed by atoms with Crippen LogP contribution in [0.15, 0.2) is 65.8 Å². The number of benzene rings is 2. The number of nitrogens with one attached hydrogen (secondary N) is 1. The molecule has 4 nitrogen and oxygen atoms in total. The van der Waals surface area contributed by atoms with Gasteiger partial charge in [0, 0.05) is 16.8 Å². The third-order valence-corrected chi connectivity index (χ3v) is 3.59. The summed E-state index contributed by atoms with van der Waals surface area (Å²) in [6, 6.07) is 17.4. The van der Waals surface area contributed by atoms with E-state index in [1.54, 1.807) is 10.9 Å². The van der Waals surface area contributed by atoms with E-state index in [9.17, 15) is 0 Å². The maximum atomic E-state index is 6.03. The van der Waals surface area contributed by atoms with Crippen molar-refractivity contribution in [3.8, 4) is 11.4 Å². The fourth-order valence-electron chi connectivity index (χ4n) is 2.04. The molecule has 23 heavy (non-hydrogen) atoms. The summed E-state index contributed by atoms with van der Waals surface area (Å²) < 4.78 is 1.99. The summed E-state index contributed by atoms with van der Waals surface area (Å²) in [6.45, 7) is 0. The van der Waals surface area contributed by atoms with Gasteiger partial charge in [-0.2, -0.15) is 14.9 Å². The van der Waals surface area contributed by atoms with Crippen LogP contribution in [0.2, 0.25) is 5.02 Å². The minimum Gasteiger partial charge on any atom is -0.250 e. The summed E-state index contributed by atoms with van der Waals surface area (Å²) in [4.78, 5) is 0. The molecule has 6 heteroatoms. The second-order valence-electron chi connectivity index (χ2n) is 4.71. The van der Waals surface area contributed by atoms with Gasteiger partial charge in [0.05, 0.1) is 0 Å². The van der Waals surface area contributed by atoms with Crippen LogP contribution in [0.25, 0.3) is 17.5 Å². The Morgan fingerprint density at radius 1 is 1.13 bits per heavy atom. The first-order chi connectivity index (χ1) is 11.2. The van der Waals surface area contributed by atoms with Gasteiger partial charge in [0.2, 0.25) is 4.77 Å². The molecular weight excluding hydrogens is 328 g/mol. The molecule has 114 valence electrons. The van der Waals surface area contributed by atoms with Gasteiger partial charge in [-0.15, -0.1) is 0 Å². The van der Waals surface area contributed by atoms with Crippen molar-refractivity contribution in [1.29, 1.82) is 0 Å². The van der Waals surface area contributed by atoms with Gasteiger partial charge in [0.1, 0.15) is 0 Å². The molecule has 1 aromatic heterocycles. The SMILES string of the molecule is S=c1[nH]nc(-c2cccc(Cl)c2)n1/N=C\C=C\c1ccccc1. The van der Waals surface area contributed by atoms with Gasteiger partial charge in [-0.05, 0) is 36.0 Å². The molecule has 0 unspecified atom stereocenters. The van der Waals surface area contributed by atoms with E-state index in [2.05, 4.69) is 15.3 Å². The van der Waals surface area contributed by atoms with E-state index in [1.165, 1.54) is 0 Å². The zero-order valence-electron chi connectivity index (χ0n) is 12.1. The molecule has 3 rings (SSSR count). The Bertz CT molecular complexity index is 910. The summed E-state index contributed by atoms with van der Waals surface area (Å²) in [7, 11) is 0. The van der Waals surface area contributed by atoms with Crippen molar-refractivity contribution >= 4 is 36.1 Å². The van der Waals surface area contributed by atoms with Crippen LogP contribution in [-0.2, 0) is 0 Å². The van der Waals surface area contributed by atoms with Gasteiger partial charge in [-0.25, -0.2) is 5.10 Å². The molecule has 0 bridgehead atoms. The first kappa shape index (κ1) is 15.4. The molecule has 2 aromatic carbocycles. The molecule has 0 spiro atoms. The summed E-state index contributed by atoms with van der Waals surface area (Å²) in [6.07, 6.45) is 5.49. The molecule has 3 aromatic rings. The molecule has 0 fully saturated rings. The maximum Gasteiger partial charge on any atom is 0.216 e. The van der Waals surface area contributed by atoms with Gasteiger partial charge in [0.25, 0.3) is 0 Å². The van der Waals surface area contributed by atoms with Crippen molar-refractivity contribution in [2.24, 2.45) is 5.10 Å². The number of aromatic nitrogens is 3. The average molecular weight is 341 g/mol. The lowest BCUT2D eigenvalue weighted by Gasteiger charge is -2.00. The average Bonchev–Trinajstić information content (AvgIpc) is 2.93. The quantitative estimate of drug-likeness (QED) is 0.547. The van der Waals surface area contributed by atoms with Crippen LogP contribution >= 0.6 is 23.8 Å². The smallest absolute Gasteiger partial charge is 0.216 e. The maximum absolute atomic E-state index is 6.03. The highest BCUT2D eigenvalue weighted by Crippen LogP contribution is 2.20. The van der Waals surface area contributed by atoms with Crippen LogP contribution in [-0.4, -0.2) is 21.1 Å². The lowest BCUT2D eigenvalue weighted by atomic mass is 10.2. The van der Waals surface area contributed by atoms with Gasteiger partial charge in [0.15, 0.2) is 5.82 Å². The highest BCUT2D eigenvalue weighted by atomic mass is 35.5. The Hall–Kier alpha value is -2.50. The molecule has 0 aliphatic heterocycles. The Kier molecular flexibility index (Phi) is 4.80. The Labute approximate surface area is 143 Å². The second kappa shape index (κ2) is 7.17. The molecule has 1 heterocycles. The topological polar surface area (TPSA) is 46.0 Å². The van der Waals surface area contributed by atoms with E-state index in [1.807, 2.05) is 66.7 Å². The summed E-state index contributed by atoms with van der Waals surface area (Å²) >= 11 is 11.2. The fourth-order valence-corrected chi connectivity index (χ4v) is 2.41. The van der Waals surface area contributed by atoms with Crippen molar-refractivity contribution in [1.82, 2.24) is 14.9 Å². The van der Waals surface area contributed by atoms with E-state index in [0.717, 1.165) is 11.1 Å². The molecule has 0 saturated carbocycles. The number of allylic oxidation sites excluding steroid dienone is 1. The van der Waals surface area contributed by atoms with Gasteiger partial charge in [-0.3, -0.25) is 0 Å².